The monoisotopic (exact) mass is 250 g/mol. The minimum atomic E-state index is 0.177. The van der Waals surface area contributed by atoms with Gasteiger partial charge in [-0.05, 0) is 19.3 Å². The molecule has 0 amide bonds. The van der Waals surface area contributed by atoms with E-state index in [1.165, 1.54) is 29.1 Å². The van der Waals surface area contributed by atoms with E-state index in [1.54, 1.807) is 0 Å². The number of aromatic nitrogens is 1. The second kappa shape index (κ2) is 5.32. The summed E-state index contributed by atoms with van der Waals surface area (Å²) in [6, 6.07) is 0.653. The van der Waals surface area contributed by atoms with Gasteiger partial charge in [-0.15, -0.1) is 11.3 Å². The summed E-state index contributed by atoms with van der Waals surface area (Å²) in [5.41, 5.74) is 0.177. The van der Waals surface area contributed by atoms with Crippen molar-refractivity contribution in [3.05, 3.63) is 28.2 Å². The molecule has 0 spiro atoms. The van der Waals surface area contributed by atoms with Crippen LogP contribution in [-0.4, -0.2) is 11.0 Å². The van der Waals surface area contributed by atoms with Crippen LogP contribution in [0.15, 0.2) is 18.3 Å². The van der Waals surface area contributed by atoms with Crippen LogP contribution in [0.1, 0.15) is 49.9 Å². The molecule has 0 radical (unpaired) electrons. The molecule has 0 aliphatic heterocycles. The number of allylic oxidation sites excluding steroid dienone is 1. The van der Waals surface area contributed by atoms with Crippen LogP contribution in [-0.2, 0) is 12.0 Å². The zero-order valence-electron chi connectivity index (χ0n) is 11.0. The number of hydrogen-bond acceptors (Lipinski definition) is 3. The van der Waals surface area contributed by atoms with Crippen LogP contribution < -0.4 is 5.32 Å². The molecule has 1 heterocycles. The van der Waals surface area contributed by atoms with E-state index in [-0.39, 0.29) is 5.41 Å². The Morgan fingerprint density at radius 1 is 1.41 bits per heavy atom. The number of nitrogens with zero attached hydrogens (tertiary/aromatic N) is 1. The zero-order chi connectivity index (χ0) is 12.3. The number of nitrogens with one attached hydrogen (secondary N) is 1. The third kappa shape index (κ3) is 3.65. The van der Waals surface area contributed by atoms with E-state index in [9.17, 15) is 0 Å². The summed E-state index contributed by atoms with van der Waals surface area (Å²) in [5, 5.41) is 4.86. The molecule has 1 unspecified atom stereocenters. The summed E-state index contributed by atoms with van der Waals surface area (Å²) in [4.78, 5) is 5.87. The predicted octanol–water partition coefficient (Wildman–Crippen LogP) is 3.64. The lowest BCUT2D eigenvalue weighted by atomic mass is 9.98. The van der Waals surface area contributed by atoms with Crippen LogP contribution in [0.3, 0.4) is 0 Å². The van der Waals surface area contributed by atoms with Gasteiger partial charge in [0.15, 0.2) is 0 Å². The van der Waals surface area contributed by atoms with Crippen LogP contribution in [0.5, 0.6) is 0 Å². The fraction of sp³-hybridized carbons (Fsp3) is 0.643. The Kier molecular flexibility index (Phi) is 4.00. The molecule has 0 bridgehead atoms. The van der Waals surface area contributed by atoms with Crippen LogP contribution >= 0.6 is 11.3 Å². The van der Waals surface area contributed by atoms with E-state index in [1.807, 2.05) is 17.5 Å². The first-order chi connectivity index (χ1) is 8.05. The van der Waals surface area contributed by atoms with Gasteiger partial charge >= 0.3 is 0 Å². The van der Waals surface area contributed by atoms with Crippen molar-refractivity contribution in [3.8, 4) is 0 Å². The first-order valence-corrected chi connectivity index (χ1v) is 7.21. The number of hydrogen-bond donors (Lipinski definition) is 1. The summed E-state index contributed by atoms with van der Waals surface area (Å²) in [7, 11) is 0. The lowest BCUT2D eigenvalue weighted by Crippen LogP contribution is -2.28. The zero-order valence-corrected chi connectivity index (χ0v) is 11.8. The van der Waals surface area contributed by atoms with E-state index in [2.05, 4.69) is 43.2 Å². The van der Waals surface area contributed by atoms with Gasteiger partial charge in [0.2, 0.25) is 0 Å². The number of thiazole rings is 1. The van der Waals surface area contributed by atoms with Crippen molar-refractivity contribution in [3.63, 3.8) is 0 Å². The predicted molar refractivity (Wildman–Crippen MR) is 74.4 cm³/mol. The minimum absolute atomic E-state index is 0.177. The standard InChI is InChI=1S/C14H22N2S/c1-14(2,3)13-16-10-12(17-13)9-15-11-7-5-4-6-8-11/h4-5,10-11,15H,6-9H2,1-3H3. The van der Waals surface area contributed by atoms with E-state index in [0.29, 0.717) is 6.04 Å². The van der Waals surface area contributed by atoms with E-state index < -0.39 is 0 Å². The topological polar surface area (TPSA) is 24.9 Å². The fourth-order valence-electron chi connectivity index (χ4n) is 1.96. The molecule has 1 aromatic heterocycles. The largest absolute Gasteiger partial charge is 0.309 e. The van der Waals surface area contributed by atoms with Crippen LogP contribution in [0, 0.1) is 0 Å². The quantitative estimate of drug-likeness (QED) is 0.828. The van der Waals surface area contributed by atoms with Crippen molar-refractivity contribution in [2.45, 2.75) is 58.0 Å². The molecule has 0 fully saturated rings. The van der Waals surface area contributed by atoms with E-state index >= 15 is 0 Å². The Balaban J connectivity index is 1.87. The molecular formula is C14H22N2S. The lowest BCUT2D eigenvalue weighted by Gasteiger charge is -2.18. The van der Waals surface area contributed by atoms with Gasteiger partial charge in [-0.3, -0.25) is 0 Å². The van der Waals surface area contributed by atoms with Crippen LogP contribution in [0.4, 0.5) is 0 Å². The summed E-state index contributed by atoms with van der Waals surface area (Å²) in [6.07, 6.45) is 10.2. The lowest BCUT2D eigenvalue weighted by molar-refractivity contribution is 0.476. The van der Waals surface area contributed by atoms with Crippen molar-refractivity contribution in [2.24, 2.45) is 0 Å². The summed E-state index contributed by atoms with van der Waals surface area (Å²) < 4.78 is 0. The Morgan fingerprint density at radius 3 is 2.82 bits per heavy atom. The highest BCUT2D eigenvalue weighted by molar-refractivity contribution is 7.11. The maximum atomic E-state index is 4.52. The molecule has 94 valence electrons. The molecule has 2 rings (SSSR count). The minimum Gasteiger partial charge on any atom is -0.309 e. The van der Waals surface area contributed by atoms with Gasteiger partial charge in [0.25, 0.3) is 0 Å². The second-order valence-corrected chi connectivity index (χ2v) is 6.86. The second-order valence-electron chi connectivity index (χ2n) is 5.74. The van der Waals surface area contributed by atoms with Crippen molar-refractivity contribution >= 4 is 11.3 Å². The molecular weight excluding hydrogens is 228 g/mol. The molecule has 3 heteroatoms. The van der Waals surface area contributed by atoms with Gasteiger partial charge in [0.1, 0.15) is 0 Å². The van der Waals surface area contributed by atoms with Gasteiger partial charge in [-0.25, -0.2) is 4.98 Å². The molecule has 0 saturated heterocycles. The van der Waals surface area contributed by atoms with Gasteiger partial charge in [-0.2, -0.15) is 0 Å². The molecule has 0 saturated carbocycles. The summed E-state index contributed by atoms with van der Waals surface area (Å²) in [6.45, 7) is 7.62. The smallest absolute Gasteiger partial charge is 0.0981 e. The van der Waals surface area contributed by atoms with Gasteiger partial charge < -0.3 is 5.32 Å². The van der Waals surface area contributed by atoms with E-state index in [0.717, 1.165) is 6.54 Å². The summed E-state index contributed by atoms with van der Waals surface area (Å²) in [5.74, 6) is 0. The Morgan fingerprint density at radius 2 is 2.24 bits per heavy atom. The highest BCUT2D eigenvalue weighted by Crippen LogP contribution is 2.26. The number of rotatable bonds is 3. The summed E-state index contributed by atoms with van der Waals surface area (Å²) >= 11 is 1.84. The van der Waals surface area contributed by atoms with Crippen molar-refractivity contribution in [2.75, 3.05) is 0 Å². The molecule has 1 aliphatic rings. The highest BCUT2D eigenvalue weighted by atomic mass is 32.1. The highest BCUT2D eigenvalue weighted by Gasteiger charge is 2.18. The van der Waals surface area contributed by atoms with Crippen molar-refractivity contribution < 1.29 is 0 Å². The average molecular weight is 250 g/mol. The Labute approximate surface area is 108 Å². The Hall–Kier alpha value is -0.670. The Bertz CT molecular complexity index is 387. The average Bonchev–Trinajstić information content (AvgIpc) is 2.76. The molecule has 2 nitrogen and oxygen atoms in total. The molecule has 1 atom stereocenters. The van der Waals surface area contributed by atoms with Gasteiger partial charge in [-0.1, -0.05) is 32.9 Å². The normalized spacial score (nSPS) is 20.8. The van der Waals surface area contributed by atoms with Crippen molar-refractivity contribution in [1.82, 2.24) is 10.3 Å². The first kappa shape index (κ1) is 12.8. The first-order valence-electron chi connectivity index (χ1n) is 6.39. The fourth-order valence-corrected chi connectivity index (χ4v) is 2.88. The molecule has 0 aromatic carbocycles. The van der Waals surface area contributed by atoms with Crippen LogP contribution in [0.2, 0.25) is 0 Å². The third-order valence-electron chi connectivity index (χ3n) is 3.03. The molecule has 1 N–H and O–H groups in total. The maximum Gasteiger partial charge on any atom is 0.0981 e. The van der Waals surface area contributed by atoms with Crippen LogP contribution in [0.25, 0.3) is 0 Å². The van der Waals surface area contributed by atoms with Gasteiger partial charge in [0.05, 0.1) is 5.01 Å². The molecule has 1 aliphatic carbocycles. The maximum absolute atomic E-state index is 4.52. The molecule has 17 heavy (non-hydrogen) atoms. The molecule has 1 aromatic rings. The van der Waals surface area contributed by atoms with Gasteiger partial charge in [0, 0.05) is 29.1 Å². The van der Waals surface area contributed by atoms with E-state index in [4.69, 9.17) is 0 Å². The third-order valence-corrected chi connectivity index (χ3v) is 4.45. The van der Waals surface area contributed by atoms with Crippen molar-refractivity contribution in [1.29, 1.82) is 0 Å². The SMILES string of the molecule is CC(C)(C)c1ncc(CNC2CC=CCC2)s1.